The Morgan fingerprint density at radius 3 is 2.31 bits per heavy atom. The van der Waals surface area contributed by atoms with Crippen molar-refractivity contribution >= 4 is 39.3 Å². The Kier molecular flexibility index (Phi) is 5.90. The predicted molar refractivity (Wildman–Crippen MR) is 112 cm³/mol. The molecule has 3 aromatic rings. The lowest BCUT2D eigenvalue weighted by Gasteiger charge is -2.32. The summed E-state index contributed by atoms with van der Waals surface area (Å²) in [4.78, 5) is 22.7. The number of hydrogen-bond acceptors (Lipinski definition) is 4. The molecule has 0 aliphatic heterocycles. The molecule has 3 N–H and O–H groups in total. The summed E-state index contributed by atoms with van der Waals surface area (Å²) >= 11 is -2.54. The van der Waals surface area contributed by atoms with Gasteiger partial charge < -0.3 is 5.73 Å². The highest BCUT2D eigenvalue weighted by Crippen LogP contribution is 2.33. The van der Waals surface area contributed by atoms with Crippen LogP contribution in [0.1, 0.15) is 18.4 Å². The van der Waals surface area contributed by atoms with E-state index in [9.17, 15) is 23.7 Å². The molecule has 8 nitrogen and oxygen atoms in total. The first-order valence-electron chi connectivity index (χ1n) is 8.73. The first kappa shape index (κ1) is 20.4. The molecule has 0 saturated heterocycles. The van der Waals surface area contributed by atoms with E-state index >= 15 is 0 Å². The third-order valence-electron chi connectivity index (χ3n) is 4.82. The number of nitro benzene ring substituents is 1. The smallest absolute Gasteiger partial charge is 0.269 e. The molecule has 1 amide bonds. The molecule has 3 rings (SSSR count). The number of fused-ring (bicyclic) bond motifs is 1. The molecule has 3 atom stereocenters. The van der Waals surface area contributed by atoms with Crippen LogP contribution in [-0.2, 0) is 16.1 Å². The van der Waals surface area contributed by atoms with E-state index in [4.69, 9.17) is 5.73 Å². The summed E-state index contributed by atoms with van der Waals surface area (Å²) in [6.07, 6.45) is 0. The summed E-state index contributed by atoms with van der Waals surface area (Å²) in [5.74, 6) is -1.39. The highest BCUT2D eigenvalue weighted by Gasteiger charge is 2.35. The van der Waals surface area contributed by atoms with Crippen LogP contribution in [0, 0.1) is 10.1 Å². The fourth-order valence-corrected chi connectivity index (χ4v) is 4.19. The molecule has 0 saturated carbocycles. The number of non-ortho nitro benzene ring substituents is 1. The van der Waals surface area contributed by atoms with Gasteiger partial charge >= 0.3 is 0 Å². The minimum Gasteiger partial charge on any atom is -0.368 e. The van der Waals surface area contributed by atoms with E-state index in [1.54, 1.807) is 31.2 Å². The number of benzene rings is 3. The Morgan fingerprint density at radius 2 is 1.72 bits per heavy atom. The van der Waals surface area contributed by atoms with Crippen LogP contribution in [0.5, 0.6) is 0 Å². The van der Waals surface area contributed by atoms with E-state index in [0.29, 0.717) is 16.6 Å². The van der Waals surface area contributed by atoms with Crippen molar-refractivity contribution in [2.45, 2.75) is 18.9 Å². The van der Waals surface area contributed by atoms with Crippen LogP contribution in [0.2, 0.25) is 0 Å². The van der Waals surface area contributed by atoms with Gasteiger partial charge in [-0.2, -0.15) is 0 Å². The van der Waals surface area contributed by atoms with Crippen molar-refractivity contribution in [1.29, 1.82) is 0 Å². The quantitative estimate of drug-likeness (QED) is 0.349. The summed E-state index contributed by atoms with van der Waals surface area (Å²) < 4.78 is 23.4. The number of carbonyl (C=O) groups excluding carboxylic acids is 1. The number of nitro groups is 1. The fourth-order valence-electron chi connectivity index (χ4n) is 3.38. The fraction of sp³-hybridized carbons (Fsp3) is 0.150. The van der Waals surface area contributed by atoms with Gasteiger partial charge in [-0.3, -0.25) is 23.8 Å². The molecule has 0 spiro atoms. The average molecular weight is 413 g/mol. The van der Waals surface area contributed by atoms with Crippen molar-refractivity contribution in [3.05, 3.63) is 82.4 Å². The molecule has 0 aliphatic rings. The summed E-state index contributed by atoms with van der Waals surface area (Å²) in [7, 11) is 0. The zero-order chi connectivity index (χ0) is 21.1. The normalized spacial score (nSPS) is 14.1. The lowest BCUT2D eigenvalue weighted by atomic mass is 9.92. The van der Waals surface area contributed by atoms with Gasteiger partial charge in [0.2, 0.25) is 5.91 Å². The Balaban J connectivity index is 2.10. The molecule has 0 aliphatic carbocycles. The van der Waals surface area contributed by atoms with Crippen LogP contribution in [0.25, 0.3) is 10.8 Å². The summed E-state index contributed by atoms with van der Waals surface area (Å²) in [6.45, 7) is 1.68. The van der Waals surface area contributed by atoms with Crippen molar-refractivity contribution in [1.82, 2.24) is 0 Å². The zero-order valence-electron chi connectivity index (χ0n) is 15.5. The lowest BCUT2D eigenvalue weighted by Crippen LogP contribution is -2.49. The standard InChI is InChI=1S/C20H19N3O5S/c1-13(14-9-11-16(12-10-14)23(25)26)19(20(21)24)22(29(27)28)18-8-4-6-15-5-2-3-7-17(15)18/h2-13,19H,1H3,(H2,21,24)(H,27,28). The maximum absolute atomic E-state index is 12.4. The largest absolute Gasteiger partial charge is 0.368 e. The highest BCUT2D eigenvalue weighted by atomic mass is 32.2. The van der Waals surface area contributed by atoms with E-state index in [1.165, 1.54) is 24.3 Å². The Morgan fingerprint density at radius 1 is 1.10 bits per heavy atom. The van der Waals surface area contributed by atoms with Gasteiger partial charge in [-0.25, -0.2) is 4.21 Å². The summed E-state index contributed by atoms with van der Waals surface area (Å²) in [6, 6.07) is 17.0. The van der Waals surface area contributed by atoms with Gasteiger partial charge in [0.05, 0.1) is 10.6 Å². The second kappa shape index (κ2) is 8.38. The Hall–Kier alpha value is -3.30. The van der Waals surface area contributed by atoms with Crippen molar-refractivity contribution in [3.8, 4) is 0 Å². The van der Waals surface area contributed by atoms with E-state index in [-0.39, 0.29) is 5.69 Å². The van der Waals surface area contributed by atoms with E-state index in [1.807, 2.05) is 18.2 Å². The minimum atomic E-state index is -2.54. The van der Waals surface area contributed by atoms with E-state index in [2.05, 4.69) is 0 Å². The van der Waals surface area contributed by atoms with Crippen LogP contribution < -0.4 is 10.0 Å². The Bertz CT molecular complexity index is 1080. The summed E-state index contributed by atoms with van der Waals surface area (Å²) in [5.41, 5.74) is 6.52. The van der Waals surface area contributed by atoms with Gasteiger partial charge in [0, 0.05) is 23.4 Å². The number of amides is 1. The van der Waals surface area contributed by atoms with Gasteiger partial charge in [-0.05, 0) is 17.0 Å². The molecule has 0 bridgehead atoms. The lowest BCUT2D eigenvalue weighted by molar-refractivity contribution is -0.384. The number of nitrogens with zero attached hydrogens (tertiary/aromatic N) is 2. The van der Waals surface area contributed by atoms with Crippen molar-refractivity contribution in [2.24, 2.45) is 5.73 Å². The molecule has 29 heavy (non-hydrogen) atoms. The van der Waals surface area contributed by atoms with E-state index < -0.39 is 34.1 Å². The topological polar surface area (TPSA) is 127 Å². The van der Waals surface area contributed by atoms with Crippen molar-refractivity contribution in [2.75, 3.05) is 4.31 Å². The Labute approximate surface area is 169 Å². The molecular weight excluding hydrogens is 394 g/mol. The molecule has 9 heteroatoms. The second-order valence-corrected chi connectivity index (χ2v) is 7.39. The third kappa shape index (κ3) is 4.10. The monoisotopic (exact) mass is 413 g/mol. The molecule has 3 unspecified atom stereocenters. The molecule has 0 heterocycles. The number of primary amides is 1. The second-order valence-electron chi connectivity index (χ2n) is 6.54. The molecular formula is C20H19N3O5S. The average Bonchev–Trinajstić information content (AvgIpc) is 2.70. The van der Waals surface area contributed by atoms with Crippen LogP contribution in [0.4, 0.5) is 11.4 Å². The highest BCUT2D eigenvalue weighted by molar-refractivity contribution is 7.80. The maximum atomic E-state index is 12.4. The van der Waals surface area contributed by atoms with E-state index in [0.717, 1.165) is 9.69 Å². The maximum Gasteiger partial charge on any atom is 0.269 e. The van der Waals surface area contributed by atoms with Crippen LogP contribution >= 0.6 is 0 Å². The van der Waals surface area contributed by atoms with Crippen LogP contribution in [-0.4, -0.2) is 25.6 Å². The number of rotatable bonds is 7. The minimum absolute atomic E-state index is 0.0896. The molecule has 0 radical (unpaired) electrons. The third-order valence-corrected chi connectivity index (χ3v) is 5.58. The van der Waals surface area contributed by atoms with Crippen molar-refractivity contribution in [3.63, 3.8) is 0 Å². The van der Waals surface area contributed by atoms with Gasteiger partial charge in [-0.15, -0.1) is 0 Å². The number of anilines is 1. The predicted octanol–water partition coefficient (Wildman–Crippen LogP) is 3.35. The molecule has 0 aromatic heterocycles. The first-order chi connectivity index (χ1) is 13.8. The number of nitrogens with two attached hydrogens (primary N) is 1. The number of carbonyl (C=O) groups is 1. The first-order valence-corrected chi connectivity index (χ1v) is 9.79. The molecule has 3 aromatic carbocycles. The van der Waals surface area contributed by atoms with Crippen molar-refractivity contribution < 1.29 is 18.5 Å². The van der Waals surface area contributed by atoms with Gasteiger partial charge in [0.25, 0.3) is 17.0 Å². The number of hydrogen-bond donors (Lipinski definition) is 2. The van der Waals surface area contributed by atoms with Gasteiger partial charge in [0.1, 0.15) is 6.04 Å². The molecule has 150 valence electrons. The summed E-state index contributed by atoms with van der Waals surface area (Å²) in [5, 5.41) is 12.4. The van der Waals surface area contributed by atoms with Gasteiger partial charge in [0.15, 0.2) is 0 Å². The van der Waals surface area contributed by atoms with Gasteiger partial charge in [-0.1, -0.05) is 55.5 Å². The zero-order valence-corrected chi connectivity index (χ0v) is 16.3. The van der Waals surface area contributed by atoms with Crippen LogP contribution in [0.3, 0.4) is 0 Å². The SMILES string of the molecule is CC(c1ccc([N+](=O)[O-])cc1)C(C(N)=O)N(c1cccc2ccccc12)S(=O)O. The molecule has 0 fully saturated rings. The van der Waals surface area contributed by atoms with Crippen LogP contribution in [0.15, 0.2) is 66.7 Å².